The molecule has 0 N–H and O–H groups in total. The first-order chi connectivity index (χ1) is 13.6. The molecule has 0 aliphatic rings. The molecule has 2 aromatic heterocycles. The van der Waals surface area contributed by atoms with Crippen LogP contribution in [0.3, 0.4) is 0 Å². The summed E-state index contributed by atoms with van der Waals surface area (Å²) >= 11 is 2.47. The number of rotatable bonds is 9. The van der Waals surface area contributed by atoms with Crippen LogP contribution in [0.15, 0.2) is 19.3 Å². The lowest BCUT2D eigenvalue weighted by Gasteiger charge is -2.28. The molecule has 29 heavy (non-hydrogen) atoms. The van der Waals surface area contributed by atoms with Gasteiger partial charge in [-0.25, -0.2) is 0 Å². The van der Waals surface area contributed by atoms with Gasteiger partial charge in [0.05, 0.1) is 19.4 Å². The van der Waals surface area contributed by atoms with Crippen molar-refractivity contribution in [2.75, 3.05) is 19.1 Å². The molecule has 1 atom stereocenters. The Kier molecular flexibility index (Phi) is 7.69. The summed E-state index contributed by atoms with van der Waals surface area (Å²) in [7, 11) is 0. The second-order valence-corrected chi connectivity index (χ2v) is 8.50. The molecule has 160 valence electrons. The van der Waals surface area contributed by atoms with E-state index in [-0.39, 0.29) is 30.0 Å². The number of thioether (sulfide) groups is 2. The highest BCUT2D eigenvalue weighted by atomic mass is 32.2. The van der Waals surface area contributed by atoms with Crippen LogP contribution in [0.2, 0.25) is 0 Å². The van der Waals surface area contributed by atoms with Crippen LogP contribution in [0.1, 0.15) is 45.9 Å². The minimum Gasteiger partial charge on any atom is -0.465 e. The van der Waals surface area contributed by atoms with Gasteiger partial charge in [0.2, 0.25) is 11.8 Å². The fraction of sp³-hybridized carbons (Fsp3) is 0.647. The largest absolute Gasteiger partial charge is 0.465 e. The van der Waals surface area contributed by atoms with Crippen LogP contribution in [0.25, 0.3) is 0 Å². The molecule has 0 fully saturated rings. The quantitative estimate of drug-likeness (QED) is 0.416. The maximum absolute atomic E-state index is 13.1. The summed E-state index contributed by atoms with van der Waals surface area (Å²) in [4.78, 5) is 25.8. The fourth-order valence-corrected chi connectivity index (χ4v) is 3.06. The van der Waals surface area contributed by atoms with Gasteiger partial charge in [-0.05, 0) is 40.2 Å². The Bertz CT molecular complexity index is 847. The van der Waals surface area contributed by atoms with Crippen molar-refractivity contribution in [3.8, 4) is 0 Å². The molecule has 2 heterocycles. The van der Waals surface area contributed by atoms with Crippen LogP contribution in [0.5, 0.6) is 0 Å². The van der Waals surface area contributed by atoms with Crippen molar-refractivity contribution in [1.29, 1.82) is 0 Å². The Balaban J connectivity index is 2.52. The normalized spacial score (nSPS) is 13.7. The second-order valence-electron chi connectivity index (χ2n) is 6.99. The predicted molar refractivity (Wildman–Crippen MR) is 105 cm³/mol. The third-order valence-corrected chi connectivity index (χ3v) is 4.63. The van der Waals surface area contributed by atoms with Crippen LogP contribution in [-0.4, -0.2) is 57.1 Å². The van der Waals surface area contributed by atoms with Gasteiger partial charge in [0.1, 0.15) is 5.60 Å². The van der Waals surface area contributed by atoms with E-state index in [1.54, 1.807) is 40.2 Å². The van der Waals surface area contributed by atoms with Crippen LogP contribution in [0, 0.1) is 0 Å². The summed E-state index contributed by atoms with van der Waals surface area (Å²) in [6.45, 7) is 6.96. The minimum absolute atomic E-state index is 0.0740. The molecule has 2 rings (SSSR count). The van der Waals surface area contributed by atoms with Crippen molar-refractivity contribution in [3.63, 3.8) is 0 Å². The van der Waals surface area contributed by atoms with Gasteiger partial charge < -0.3 is 18.3 Å². The highest BCUT2D eigenvalue weighted by Gasteiger charge is 2.51. The lowest BCUT2D eigenvalue weighted by molar-refractivity contribution is -0.164. The van der Waals surface area contributed by atoms with E-state index in [1.807, 2.05) is 0 Å². The SMILES string of the molecule is CCOC(=O)C(CC(=O)OC(C)(C)C)(Cc1nnc(SC)o1)c1nnc(SC)o1. The van der Waals surface area contributed by atoms with Gasteiger partial charge in [0.25, 0.3) is 10.4 Å². The van der Waals surface area contributed by atoms with Crippen molar-refractivity contribution in [2.24, 2.45) is 0 Å². The maximum Gasteiger partial charge on any atom is 0.322 e. The van der Waals surface area contributed by atoms with Gasteiger partial charge in [0.15, 0.2) is 5.41 Å². The summed E-state index contributed by atoms with van der Waals surface area (Å²) in [5.74, 6) is -1.28. The highest BCUT2D eigenvalue weighted by molar-refractivity contribution is 7.98. The number of nitrogens with zero attached hydrogens (tertiary/aromatic N) is 4. The number of carbonyl (C=O) groups is 2. The molecule has 0 aliphatic carbocycles. The molecule has 0 amide bonds. The smallest absolute Gasteiger partial charge is 0.322 e. The second kappa shape index (κ2) is 9.61. The van der Waals surface area contributed by atoms with Crippen molar-refractivity contribution < 1.29 is 27.9 Å². The lowest BCUT2D eigenvalue weighted by Crippen LogP contribution is -2.43. The van der Waals surface area contributed by atoms with E-state index in [2.05, 4.69) is 20.4 Å². The van der Waals surface area contributed by atoms with Crippen molar-refractivity contribution in [1.82, 2.24) is 20.4 Å². The third-order valence-electron chi connectivity index (χ3n) is 3.60. The van der Waals surface area contributed by atoms with Gasteiger partial charge in [-0.15, -0.1) is 20.4 Å². The molecule has 0 aromatic carbocycles. The molecule has 0 saturated carbocycles. The average molecular weight is 445 g/mol. The standard InChI is InChI=1S/C17H24N4O6S2/c1-7-24-13(23)17(9-11(22)27-16(2,3)4,12-19-21-15(26-12)29-6)8-10-18-20-14(25-10)28-5/h7-9H2,1-6H3. The Morgan fingerprint density at radius 2 is 1.62 bits per heavy atom. The molecule has 0 radical (unpaired) electrons. The van der Waals surface area contributed by atoms with E-state index < -0.39 is 29.4 Å². The van der Waals surface area contributed by atoms with E-state index in [4.69, 9.17) is 18.3 Å². The van der Waals surface area contributed by atoms with Gasteiger partial charge >= 0.3 is 11.9 Å². The van der Waals surface area contributed by atoms with E-state index in [0.29, 0.717) is 5.22 Å². The molecule has 0 spiro atoms. The first-order valence-corrected chi connectivity index (χ1v) is 11.2. The molecule has 1 unspecified atom stereocenters. The van der Waals surface area contributed by atoms with Crippen LogP contribution in [-0.2, 0) is 30.9 Å². The minimum atomic E-state index is -1.67. The lowest BCUT2D eigenvalue weighted by atomic mass is 9.80. The van der Waals surface area contributed by atoms with E-state index in [0.717, 1.165) is 0 Å². The summed E-state index contributed by atoms with van der Waals surface area (Å²) in [6.07, 6.45) is 2.98. The zero-order chi connectivity index (χ0) is 21.7. The van der Waals surface area contributed by atoms with Crippen LogP contribution in [0.4, 0.5) is 0 Å². The van der Waals surface area contributed by atoms with Gasteiger partial charge in [0, 0.05) is 0 Å². The first-order valence-electron chi connectivity index (χ1n) is 8.77. The molecule has 10 nitrogen and oxygen atoms in total. The zero-order valence-corrected chi connectivity index (χ0v) is 18.8. The van der Waals surface area contributed by atoms with Gasteiger partial charge in [-0.3, -0.25) is 9.59 Å². The summed E-state index contributed by atoms with van der Waals surface area (Å²) in [5.41, 5.74) is -2.41. The topological polar surface area (TPSA) is 130 Å². The molecule has 0 aliphatic heterocycles. The Morgan fingerprint density at radius 1 is 1.00 bits per heavy atom. The van der Waals surface area contributed by atoms with Crippen molar-refractivity contribution in [2.45, 2.75) is 62.0 Å². The zero-order valence-electron chi connectivity index (χ0n) is 17.2. The number of esters is 2. The third kappa shape index (κ3) is 5.95. The number of hydrogen-bond donors (Lipinski definition) is 0. The maximum atomic E-state index is 13.1. The van der Waals surface area contributed by atoms with Crippen molar-refractivity contribution >= 4 is 35.5 Å². The molecule has 12 heteroatoms. The molecular weight excluding hydrogens is 420 g/mol. The van der Waals surface area contributed by atoms with Gasteiger partial charge in [-0.1, -0.05) is 23.5 Å². The number of carbonyl (C=O) groups excluding carboxylic acids is 2. The molecule has 0 bridgehead atoms. The Hall–Kier alpha value is -2.08. The monoisotopic (exact) mass is 444 g/mol. The summed E-state index contributed by atoms with van der Waals surface area (Å²) in [6, 6.07) is 0. The summed E-state index contributed by atoms with van der Waals surface area (Å²) in [5, 5.41) is 16.3. The van der Waals surface area contributed by atoms with Crippen LogP contribution >= 0.6 is 23.5 Å². The number of ether oxygens (including phenoxy) is 2. The predicted octanol–water partition coefficient (Wildman–Crippen LogP) is 2.67. The molecule has 0 saturated heterocycles. The van der Waals surface area contributed by atoms with Gasteiger partial charge in [-0.2, -0.15) is 0 Å². The van der Waals surface area contributed by atoms with Crippen LogP contribution < -0.4 is 0 Å². The molecule has 2 aromatic rings. The highest BCUT2D eigenvalue weighted by Crippen LogP contribution is 2.35. The molecular formula is C17H24N4O6S2. The first kappa shape index (κ1) is 23.2. The summed E-state index contributed by atoms with van der Waals surface area (Å²) < 4.78 is 21.9. The van der Waals surface area contributed by atoms with E-state index >= 15 is 0 Å². The fourth-order valence-electron chi connectivity index (χ4n) is 2.47. The number of hydrogen-bond acceptors (Lipinski definition) is 12. The van der Waals surface area contributed by atoms with Crippen molar-refractivity contribution in [3.05, 3.63) is 11.8 Å². The van der Waals surface area contributed by atoms with E-state index in [9.17, 15) is 9.59 Å². The number of aromatic nitrogens is 4. The van der Waals surface area contributed by atoms with E-state index in [1.165, 1.54) is 23.5 Å². The average Bonchev–Trinajstić information content (AvgIpc) is 3.28. The Morgan fingerprint density at radius 3 is 2.14 bits per heavy atom. The Labute approximate surface area is 176 Å².